The van der Waals surface area contributed by atoms with Gasteiger partial charge in [-0.1, -0.05) is 18.5 Å². The molecular formula is C12H15ClN4O2S2. The lowest BCUT2D eigenvalue weighted by Crippen LogP contribution is -2.30. The summed E-state index contributed by atoms with van der Waals surface area (Å²) >= 11 is 9.91. The fraction of sp³-hybridized carbons (Fsp3) is 0.333. The molecule has 9 heteroatoms. The first-order chi connectivity index (χ1) is 9.85. The summed E-state index contributed by atoms with van der Waals surface area (Å²) in [5.74, 6) is 0.514. The van der Waals surface area contributed by atoms with Crippen molar-refractivity contribution in [1.82, 2.24) is 19.5 Å². The van der Waals surface area contributed by atoms with Gasteiger partial charge in [0.2, 0.25) is 10.0 Å². The Morgan fingerprint density at radius 3 is 2.43 bits per heavy atom. The third kappa shape index (κ3) is 3.57. The Kier molecular flexibility index (Phi) is 4.92. The number of thiol groups is 1. The monoisotopic (exact) mass is 346 g/mol. The largest absolute Gasteiger partial charge is 0.308 e. The van der Waals surface area contributed by atoms with Crippen molar-refractivity contribution in [3.63, 3.8) is 0 Å². The molecule has 0 aliphatic heterocycles. The molecule has 0 bridgehead atoms. The molecule has 2 rings (SSSR count). The summed E-state index contributed by atoms with van der Waals surface area (Å²) in [6.45, 7) is 1.86. The molecule has 0 amide bonds. The smallest absolute Gasteiger partial charge is 0.241 e. The van der Waals surface area contributed by atoms with Crippen LogP contribution < -0.4 is 4.72 Å². The van der Waals surface area contributed by atoms with E-state index in [4.69, 9.17) is 11.6 Å². The summed E-state index contributed by atoms with van der Waals surface area (Å²) in [6, 6.07) is 5.50. The van der Waals surface area contributed by atoms with Crippen LogP contribution in [-0.2, 0) is 17.1 Å². The van der Waals surface area contributed by atoms with Crippen LogP contribution in [0.3, 0.4) is 0 Å². The normalized spacial score (nSPS) is 13.3. The van der Waals surface area contributed by atoms with Crippen molar-refractivity contribution in [2.75, 3.05) is 0 Å². The molecular weight excluding hydrogens is 332 g/mol. The van der Waals surface area contributed by atoms with Crippen molar-refractivity contribution < 1.29 is 8.42 Å². The minimum atomic E-state index is -3.66. The number of rotatable bonds is 5. The van der Waals surface area contributed by atoms with Gasteiger partial charge in [-0.2, -0.15) is 0 Å². The van der Waals surface area contributed by atoms with Crippen LogP contribution in [-0.4, -0.2) is 23.2 Å². The molecule has 1 aromatic heterocycles. The van der Waals surface area contributed by atoms with Gasteiger partial charge in [0.1, 0.15) is 0 Å². The molecule has 1 aromatic carbocycles. The number of aromatic nitrogens is 3. The first kappa shape index (κ1) is 16.3. The Labute approximate surface area is 134 Å². The maximum absolute atomic E-state index is 12.4. The average Bonchev–Trinajstić information content (AvgIpc) is 2.77. The van der Waals surface area contributed by atoms with E-state index in [-0.39, 0.29) is 4.90 Å². The second-order valence-electron chi connectivity index (χ2n) is 4.45. The number of nitrogens with zero attached hydrogens (tertiary/aromatic N) is 3. The van der Waals surface area contributed by atoms with E-state index >= 15 is 0 Å². The summed E-state index contributed by atoms with van der Waals surface area (Å²) < 4.78 is 29.0. The Balaban J connectivity index is 2.29. The van der Waals surface area contributed by atoms with Crippen LogP contribution in [0, 0.1) is 0 Å². The minimum Gasteiger partial charge on any atom is -0.308 e. The maximum Gasteiger partial charge on any atom is 0.241 e. The highest BCUT2D eigenvalue weighted by Gasteiger charge is 2.24. The van der Waals surface area contributed by atoms with Gasteiger partial charge in [-0.15, -0.1) is 22.8 Å². The number of hydrogen-bond acceptors (Lipinski definition) is 5. The quantitative estimate of drug-likeness (QED) is 0.813. The topological polar surface area (TPSA) is 76.9 Å². The van der Waals surface area contributed by atoms with E-state index < -0.39 is 16.1 Å². The molecule has 0 aliphatic rings. The lowest BCUT2D eigenvalue weighted by molar-refractivity contribution is 0.523. The maximum atomic E-state index is 12.4. The van der Waals surface area contributed by atoms with Gasteiger partial charge in [-0.3, -0.25) is 0 Å². The fourth-order valence-corrected chi connectivity index (χ4v) is 3.37. The molecule has 1 atom stereocenters. The SMILES string of the molecule is CC[C@@H](NS(=O)(=O)c1ccc(Cl)cc1)c1nnc(S)n1C. The van der Waals surface area contributed by atoms with Gasteiger partial charge in [-0.05, 0) is 30.7 Å². The molecule has 1 N–H and O–H groups in total. The molecule has 0 saturated heterocycles. The van der Waals surface area contributed by atoms with E-state index in [1.165, 1.54) is 24.3 Å². The number of sulfonamides is 1. The number of nitrogens with one attached hydrogen (secondary N) is 1. The lowest BCUT2D eigenvalue weighted by atomic mass is 10.2. The van der Waals surface area contributed by atoms with Crippen LogP contribution in [0.1, 0.15) is 25.2 Å². The second-order valence-corrected chi connectivity index (χ2v) is 7.00. The van der Waals surface area contributed by atoms with Crippen molar-refractivity contribution in [1.29, 1.82) is 0 Å². The summed E-state index contributed by atoms with van der Waals surface area (Å²) in [4.78, 5) is 0.151. The molecule has 6 nitrogen and oxygen atoms in total. The Hall–Kier alpha value is -1.09. The van der Waals surface area contributed by atoms with E-state index in [0.717, 1.165) is 0 Å². The van der Waals surface area contributed by atoms with Gasteiger partial charge in [0.25, 0.3) is 0 Å². The van der Waals surface area contributed by atoms with E-state index in [1.54, 1.807) is 11.6 Å². The Morgan fingerprint density at radius 2 is 1.95 bits per heavy atom. The third-order valence-corrected chi connectivity index (χ3v) is 5.16. The molecule has 0 unspecified atom stereocenters. The van der Waals surface area contributed by atoms with E-state index in [9.17, 15) is 8.42 Å². The number of benzene rings is 1. The van der Waals surface area contributed by atoms with Gasteiger partial charge < -0.3 is 4.57 Å². The lowest BCUT2D eigenvalue weighted by Gasteiger charge is -2.16. The van der Waals surface area contributed by atoms with E-state index in [0.29, 0.717) is 22.4 Å². The van der Waals surface area contributed by atoms with Gasteiger partial charge >= 0.3 is 0 Å². The van der Waals surface area contributed by atoms with Crippen molar-refractivity contribution in [2.24, 2.45) is 7.05 Å². The first-order valence-corrected chi connectivity index (χ1v) is 8.52. The summed E-state index contributed by atoms with van der Waals surface area (Å²) in [5.41, 5.74) is 0. The average molecular weight is 347 g/mol. The van der Waals surface area contributed by atoms with Crippen molar-refractivity contribution in [3.8, 4) is 0 Å². The second kappa shape index (κ2) is 6.35. The molecule has 0 aliphatic carbocycles. The molecule has 1 heterocycles. The van der Waals surface area contributed by atoms with Crippen LogP contribution in [0.4, 0.5) is 0 Å². The van der Waals surface area contributed by atoms with Crippen LogP contribution in [0.25, 0.3) is 0 Å². The highest BCUT2D eigenvalue weighted by atomic mass is 35.5. The molecule has 0 fully saturated rings. The molecule has 0 spiro atoms. The molecule has 0 radical (unpaired) electrons. The van der Waals surface area contributed by atoms with Crippen molar-refractivity contribution in [3.05, 3.63) is 35.1 Å². The predicted molar refractivity (Wildman–Crippen MR) is 83.1 cm³/mol. The summed E-state index contributed by atoms with van der Waals surface area (Å²) in [5, 5.41) is 8.70. The van der Waals surface area contributed by atoms with Crippen LogP contribution in [0.15, 0.2) is 34.3 Å². The number of hydrogen-bond donors (Lipinski definition) is 2. The van der Waals surface area contributed by atoms with Gasteiger partial charge in [-0.25, -0.2) is 13.1 Å². The first-order valence-electron chi connectivity index (χ1n) is 6.21. The molecule has 21 heavy (non-hydrogen) atoms. The zero-order valence-corrected chi connectivity index (χ0v) is 14.0. The molecule has 2 aromatic rings. The van der Waals surface area contributed by atoms with E-state index in [1.807, 2.05) is 6.92 Å². The zero-order chi connectivity index (χ0) is 15.6. The predicted octanol–water partition coefficient (Wildman–Crippen LogP) is 2.19. The zero-order valence-electron chi connectivity index (χ0n) is 11.5. The highest BCUT2D eigenvalue weighted by Crippen LogP contribution is 2.20. The van der Waals surface area contributed by atoms with Crippen LogP contribution >= 0.6 is 24.2 Å². The molecule has 0 saturated carbocycles. The fourth-order valence-electron chi connectivity index (χ4n) is 1.82. The van der Waals surface area contributed by atoms with Gasteiger partial charge in [0, 0.05) is 12.1 Å². The standard InChI is InChI=1S/C12H15ClN4O2S2/c1-3-10(11-14-15-12(20)17(11)2)16-21(18,19)9-6-4-8(13)5-7-9/h4-7,10,16H,3H2,1-2H3,(H,15,20)/t10-/m1/s1. The van der Waals surface area contributed by atoms with E-state index in [2.05, 4.69) is 27.5 Å². The highest BCUT2D eigenvalue weighted by molar-refractivity contribution is 7.89. The Morgan fingerprint density at radius 1 is 1.33 bits per heavy atom. The Bertz CT molecular complexity index is 728. The van der Waals surface area contributed by atoms with Crippen LogP contribution in [0.2, 0.25) is 5.02 Å². The van der Waals surface area contributed by atoms with Gasteiger partial charge in [0.15, 0.2) is 11.0 Å². The molecule has 114 valence electrons. The summed E-state index contributed by atoms with van der Waals surface area (Å²) in [7, 11) is -1.93. The van der Waals surface area contributed by atoms with Gasteiger partial charge in [0.05, 0.1) is 10.9 Å². The summed E-state index contributed by atoms with van der Waals surface area (Å²) in [6.07, 6.45) is 0.534. The van der Waals surface area contributed by atoms with Crippen molar-refractivity contribution >= 4 is 34.3 Å². The van der Waals surface area contributed by atoms with Crippen LogP contribution in [0.5, 0.6) is 0 Å². The van der Waals surface area contributed by atoms with Crippen molar-refractivity contribution in [2.45, 2.75) is 29.4 Å². The third-order valence-electron chi connectivity index (χ3n) is 3.03. The number of halogens is 1. The minimum absolute atomic E-state index is 0.151.